The zero-order valence-electron chi connectivity index (χ0n) is 23.3. The molecule has 1 aliphatic rings. The lowest BCUT2D eigenvalue weighted by molar-refractivity contribution is -0.139. The number of thiazole rings is 1. The molecular weight excluding hydrogens is 514 g/mol. The summed E-state index contributed by atoms with van der Waals surface area (Å²) < 4.78 is 0. The van der Waals surface area contributed by atoms with Crippen molar-refractivity contribution in [1.29, 1.82) is 0 Å². The molecule has 1 fully saturated rings. The highest BCUT2D eigenvalue weighted by Crippen LogP contribution is 2.28. The molecule has 0 spiro atoms. The minimum absolute atomic E-state index is 0.425. The molecule has 0 radical (unpaired) electrons. The number of hydrogen-bond acceptors (Lipinski definition) is 5. The van der Waals surface area contributed by atoms with Crippen LogP contribution < -0.4 is 10.2 Å². The van der Waals surface area contributed by atoms with Crippen molar-refractivity contribution < 1.29 is 9.90 Å². The van der Waals surface area contributed by atoms with Crippen LogP contribution in [0.15, 0.2) is 84.2 Å². The normalized spacial score (nSPS) is 14.6. The standard InChI is InChI=1S/C34H39N3O2S/c1-37(23-28-14-12-27(13-15-28)20-25-8-4-2-5-9-25)30-18-16-29(17-19-30)32-24-40-33(36-32)22-35-31(34(38)39)21-26-10-6-3-7-11-26/h3,6-7,10-19,24-25,31,35H,2,4-5,8-9,20-23H2,1H3,(H,38,39). The second-order valence-electron chi connectivity index (χ2n) is 11.0. The zero-order chi connectivity index (χ0) is 27.7. The quantitative estimate of drug-likeness (QED) is 0.192. The first-order chi connectivity index (χ1) is 19.5. The number of benzene rings is 3. The first-order valence-electron chi connectivity index (χ1n) is 14.4. The fourth-order valence-electron chi connectivity index (χ4n) is 5.59. The van der Waals surface area contributed by atoms with Crippen LogP contribution >= 0.6 is 11.3 Å². The van der Waals surface area contributed by atoms with E-state index in [2.05, 4.69) is 65.8 Å². The Morgan fingerprint density at radius 2 is 1.65 bits per heavy atom. The van der Waals surface area contributed by atoms with Gasteiger partial charge in [0.25, 0.3) is 0 Å². The van der Waals surface area contributed by atoms with Gasteiger partial charge >= 0.3 is 5.97 Å². The summed E-state index contributed by atoms with van der Waals surface area (Å²) in [5.74, 6) is 0.0166. The predicted octanol–water partition coefficient (Wildman–Crippen LogP) is 7.35. The van der Waals surface area contributed by atoms with Crippen molar-refractivity contribution in [2.24, 2.45) is 5.92 Å². The van der Waals surface area contributed by atoms with E-state index in [9.17, 15) is 9.90 Å². The Labute approximate surface area is 241 Å². The maximum Gasteiger partial charge on any atom is 0.321 e. The molecular formula is C34H39N3O2S. The highest BCUT2D eigenvalue weighted by atomic mass is 32.1. The van der Waals surface area contributed by atoms with Crippen molar-refractivity contribution >= 4 is 23.0 Å². The third-order valence-corrected chi connectivity index (χ3v) is 8.78. The van der Waals surface area contributed by atoms with Crippen LogP contribution in [0.4, 0.5) is 5.69 Å². The summed E-state index contributed by atoms with van der Waals surface area (Å²) in [5.41, 5.74) is 6.93. The Hall–Kier alpha value is -3.48. The van der Waals surface area contributed by atoms with Crippen molar-refractivity contribution in [1.82, 2.24) is 10.3 Å². The third-order valence-electron chi connectivity index (χ3n) is 7.93. The molecule has 1 heterocycles. The number of aliphatic carboxylic acids is 1. The number of anilines is 1. The van der Waals surface area contributed by atoms with Gasteiger partial charge in [-0.3, -0.25) is 10.1 Å². The van der Waals surface area contributed by atoms with Crippen molar-refractivity contribution in [2.45, 2.75) is 64.1 Å². The zero-order valence-corrected chi connectivity index (χ0v) is 24.1. The summed E-state index contributed by atoms with van der Waals surface area (Å²) in [5, 5.41) is 15.7. The van der Waals surface area contributed by atoms with Gasteiger partial charge in [0.05, 0.1) is 5.69 Å². The van der Waals surface area contributed by atoms with E-state index in [1.165, 1.54) is 49.7 Å². The minimum atomic E-state index is -0.851. The number of nitrogens with one attached hydrogen (secondary N) is 1. The highest BCUT2D eigenvalue weighted by Gasteiger charge is 2.18. The molecule has 5 nitrogen and oxygen atoms in total. The summed E-state index contributed by atoms with van der Waals surface area (Å²) in [6.45, 7) is 1.29. The smallest absolute Gasteiger partial charge is 0.321 e. The molecule has 2 N–H and O–H groups in total. The second kappa shape index (κ2) is 13.7. The molecule has 0 aliphatic heterocycles. The number of nitrogens with zero attached hydrogens (tertiary/aromatic N) is 2. The maximum atomic E-state index is 11.8. The molecule has 1 saturated carbocycles. The molecule has 6 heteroatoms. The summed E-state index contributed by atoms with van der Waals surface area (Å²) >= 11 is 1.55. The Morgan fingerprint density at radius 1 is 0.950 bits per heavy atom. The molecule has 4 aromatic rings. The lowest BCUT2D eigenvalue weighted by atomic mass is 9.85. The van der Waals surface area contributed by atoms with Crippen LogP contribution in [0.2, 0.25) is 0 Å². The van der Waals surface area contributed by atoms with Crippen LogP contribution in [0.1, 0.15) is 53.8 Å². The van der Waals surface area contributed by atoms with E-state index >= 15 is 0 Å². The Balaban J connectivity index is 1.13. The van der Waals surface area contributed by atoms with Gasteiger partial charge in [-0.05, 0) is 47.6 Å². The van der Waals surface area contributed by atoms with Crippen molar-refractivity contribution in [2.75, 3.05) is 11.9 Å². The number of rotatable bonds is 12. The van der Waals surface area contributed by atoms with Crippen LogP contribution in [0.5, 0.6) is 0 Å². The van der Waals surface area contributed by atoms with E-state index in [1.807, 2.05) is 35.7 Å². The topological polar surface area (TPSA) is 65.5 Å². The third kappa shape index (κ3) is 7.80. The average Bonchev–Trinajstić information content (AvgIpc) is 3.46. The van der Waals surface area contributed by atoms with Gasteiger partial charge in [-0.25, -0.2) is 4.98 Å². The number of aromatic nitrogens is 1. The van der Waals surface area contributed by atoms with E-state index in [4.69, 9.17) is 4.98 Å². The summed E-state index contributed by atoms with van der Waals surface area (Å²) in [7, 11) is 2.13. The molecule has 5 rings (SSSR count). The SMILES string of the molecule is CN(Cc1ccc(CC2CCCCC2)cc1)c1ccc(-c2csc(CNC(Cc3ccccc3)C(=O)O)n2)cc1. The van der Waals surface area contributed by atoms with Gasteiger partial charge in [-0.15, -0.1) is 11.3 Å². The predicted molar refractivity (Wildman–Crippen MR) is 165 cm³/mol. The van der Waals surface area contributed by atoms with Crippen LogP contribution in [-0.2, 0) is 30.7 Å². The van der Waals surface area contributed by atoms with E-state index in [1.54, 1.807) is 11.3 Å². The van der Waals surface area contributed by atoms with Crippen molar-refractivity contribution in [3.63, 3.8) is 0 Å². The molecule has 1 unspecified atom stereocenters. The van der Waals surface area contributed by atoms with Crippen molar-refractivity contribution in [3.8, 4) is 11.3 Å². The van der Waals surface area contributed by atoms with Crippen LogP contribution in [0.3, 0.4) is 0 Å². The molecule has 40 heavy (non-hydrogen) atoms. The summed E-state index contributed by atoms with van der Waals surface area (Å²) in [6.07, 6.45) is 8.65. The van der Waals surface area contributed by atoms with Gasteiger partial charge in [0.1, 0.15) is 11.0 Å². The highest BCUT2D eigenvalue weighted by molar-refractivity contribution is 7.09. The van der Waals surface area contributed by atoms with E-state index in [0.717, 1.165) is 40.0 Å². The fourth-order valence-corrected chi connectivity index (χ4v) is 6.34. The van der Waals surface area contributed by atoms with Gasteiger partial charge < -0.3 is 10.0 Å². The van der Waals surface area contributed by atoms with Gasteiger partial charge in [0.15, 0.2) is 0 Å². The van der Waals surface area contributed by atoms with Crippen LogP contribution in [-0.4, -0.2) is 29.1 Å². The first-order valence-corrected chi connectivity index (χ1v) is 15.3. The number of carboxylic acid groups (broad SMARTS) is 1. The molecule has 1 aromatic heterocycles. The summed E-state index contributed by atoms with van der Waals surface area (Å²) in [6, 6.07) is 26.7. The fraction of sp³-hybridized carbons (Fsp3) is 0.353. The number of carbonyl (C=O) groups is 1. The largest absolute Gasteiger partial charge is 0.480 e. The average molecular weight is 554 g/mol. The van der Waals surface area contributed by atoms with Crippen LogP contribution in [0, 0.1) is 5.92 Å². The molecule has 0 amide bonds. The summed E-state index contributed by atoms with van der Waals surface area (Å²) in [4.78, 5) is 18.8. The Bertz CT molecular complexity index is 1350. The molecule has 0 bridgehead atoms. The van der Waals surface area contributed by atoms with Gasteiger partial charge in [-0.2, -0.15) is 0 Å². The van der Waals surface area contributed by atoms with E-state index < -0.39 is 12.0 Å². The molecule has 1 atom stereocenters. The Kier molecular flexibility index (Phi) is 9.63. The van der Waals surface area contributed by atoms with Gasteiger partial charge in [-0.1, -0.05) is 98.8 Å². The molecule has 208 valence electrons. The maximum absolute atomic E-state index is 11.8. The van der Waals surface area contributed by atoms with E-state index in [-0.39, 0.29) is 0 Å². The first kappa shape index (κ1) is 28.1. The molecule has 1 aliphatic carbocycles. The molecule has 0 saturated heterocycles. The lowest BCUT2D eigenvalue weighted by Crippen LogP contribution is -2.38. The lowest BCUT2D eigenvalue weighted by Gasteiger charge is -2.22. The van der Waals surface area contributed by atoms with Gasteiger partial charge in [0.2, 0.25) is 0 Å². The van der Waals surface area contributed by atoms with Crippen LogP contribution in [0.25, 0.3) is 11.3 Å². The minimum Gasteiger partial charge on any atom is -0.480 e. The number of hydrogen-bond donors (Lipinski definition) is 2. The molecule has 3 aromatic carbocycles. The van der Waals surface area contributed by atoms with Crippen molar-refractivity contribution in [3.05, 3.63) is 106 Å². The van der Waals surface area contributed by atoms with E-state index in [0.29, 0.717) is 13.0 Å². The second-order valence-corrected chi connectivity index (χ2v) is 12.0. The number of carboxylic acids is 1. The monoisotopic (exact) mass is 553 g/mol. The van der Waals surface area contributed by atoms with Gasteiger partial charge in [0, 0.05) is 36.8 Å². The Morgan fingerprint density at radius 3 is 2.35 bits per heavy atom.